The van der Waals surface area contributed by atoms with Crippen molar-refractivity contribution < 1.29 is 9.90 Å². The Bertz CT molecular complexity index is 212. The molecule has 0 aromatic carbocycles. The summed E-state index contributed by atoms with van der Waals surface area (Å²) in [6.07, 6.45) is 6.32. The Balaban J connectivity index is 0.000000171. The van der Waals surface area contributed by atoms with E-state index in [2.05, 4.69) is 17.7 Å². The first-order valence-corrected chi connectivity index (χ1v) is 6.60. The molecule has 3 N–H and O–H groups in total. The summed E-state index contributed by atoms with van der Waals surface area (Å²) in [5.74, 6) is 0. The number of piperazine rings is 1. The van der Waals surface area contributed by atoms with Gasteiger partial charge in [0.2, 0.25) is 0 Å². The molecule has 0 spiro atoms. The monoisotopic (exact) mass is 243 g/mol. The first kappa shape index (κ1) is 14.3. The predicted molar refractivity (Wildman–Crippen MR) is 68.4 cm³/mol. The van der Waals surface area contributed by atoms with Crippen molar-refractivity contribution in [3.8, 4) is 0 Å². The lowest BCUT2D eigenvalue weighted by Gasteiger charge is -2.23. The quantitative estimate of drug-likeness (QED) is 0.645. The van der Waals surface area contributed by atoms with Crippen molar-refractivity contribution >= 4 is 6.09 Å². The van der Waals surface area contributed by atoms with Crippen LogP contribution in [0.1, 0.15) is 32.1 Å². The van der Waals surface area contributed by atoms with Gasteiger partial charge in [-0.25, -0.2) is 4.79 Å². The molecule has 1 heterocycles. The molecule has 0 atom stereocenters. The minimum Gasteiger partial charge on any atom is -0.465 e. The Morgan fingerprint density at radius 3 is 2.18 bits per heavy atom. The van der Waals surface area contributed by atoms with Gasteiger partial charge in [0.05, 0.1) is 0 Å². The molecule has 5 nitrogen and oxygen atoms in total. The van der Waals surface area contributed by atoms with Gasteiger partial charge in [0.15, 0.2) is 0 Å². The summed E-state index contributed by atoms with van der Waals surface area (Å²) >= 11 is 0. The molecular formula is C12H25N3O2. The summed E-state index contributed by atoms with van der Waals surface area (Å²) in [5, 5.41) is 14.8. The van der Waals surface area contributed by atoms with E-state index < -0.39 is 6.09 Å². The van der Waals surface area contributed by atoms with E-state index in [0.29, 0.717) is 13.1 Å². The maximum atomic E-state index is 10.3. The minimum absolute atomic E-state index is 0.620. The van der Waals surface area contributed by atoms with E-state index in [-0.39, 0.29) is 0 Å². The van der Waals surface area contributed by atoms with Crippen molar-refractivity contribution in [2.24, 2.45) is 0 Å². The van der Waals surface area contributed by atoms with Gasteiger partial charge in [-0.3, -0.25) is 0 Å². The number of hydrogen-bond donors (Lipinski definition) is 3. The standard InChI is InChI=1S/C7H15N.C5H10N2O2/c1-8-7-5-3-2-4-6-7;8-5(9)7-3-1-6-2-4-7/h7-8H,2-6H2,1H3;6H,1-4H2,(H,8,9). The third-order valence-electron chi connectivity index (χ3n) is 3.40. The fraction of sp³-hybridized carbons (Fsp3) is 0.917. The molecular weight excluding hydrogens is 218 g/mol. The molecule has 0 bridgehead atoms. The number of carbonyl (C=O) groups is 1. The minimum atomic E-state index is -0.809. The topological polar surface area (TPSA) is 64.6 Å². The molecule has 0 aromatic heterocycles. The first-order valence-electron chi connectivity index (χ1n) is 6.60. The highest BCUT2D eigenvalue weighted by atomic mass is 16.4. The fourth-order valence-corrected chi connectivity index (χ4v) is 2.25. The smallest absolute Gasteiger partial charge is 0.407 e. The molecule has 1 aliphatic heterocycles. The van der Waals surface area contributed by atoms with Crippen molar-refractivity contribution in [3.63, 3.8) is 0 Å². The molecule has 1 aliphatic carbocycles. The van der Waals surface area contributed by atoms with Gasteiger partial charge in [-0.15, -0.1) is 0 Å². The molecule has 17 heavy (non-hydrogen) atoms. The van der Waals surface area contributed by atoms with Crippen molar-refractivity contribution in [1.29, 1.82) is 0 Å². The van der Waals surface area contributed by atoms with Crippen LogP contribution in [-0.2, 0) is 0 Å². The number of carboxylic acid groups (broad SMARTS) is 1. The zero-order chi connectivity index (χ0) is 12.5. The van der Waals surface area contributed by atoms with E-state index in [1.807, 2.05) is 0 Å². The number of rotatable bonds is 1. The van der Waals surface area contributed by atoms with Gasteiger partial charge < -0.3 is 20.6 Å². The summed E-state index contributed by atoms with van der Waals surface area (Å²) < 4.78 is 0. The zero-order valence-corrected chi connectivity index (χ0v) is 10.7. The second kappa shape index (κ2) is 8.31. The van der Waals surface area contributed by atoms with Crippen molar-refractivity contribution in [3.05, 3.63) is 0 Å². The first-order chi connectivity index (χ1) is 8.24. The van der Waals surface area contributed by atoms with Crippen LogP contribution in [0.3, 0.4) is 0 Å². The summed E-state index contributed by atoms with van der Waals surface area (Å²) in [6, 6.07) is 0.837. The van der Waals surface area contributed by atoms with E-state index in [0.717, 1.165) is 19.1 Å². The predicted octanol–water partition coefficient (Wildman–Crippen LogP) is 1.11. The van der Waals surface area contributed by atoms with Gasteiger partial charge in [-0.2, -0.15) is 0 Å². The van der Waals surface area contributed by atoms with Crippen LogP contribution < -0.4 is 10.6 Å². The van der Waals surface area contributed by atoms with Crippen LogP contribution in [0.25, 0.3) is 0 Å². The number of amides is 1. The summed E-state index contributed by atoms with van der Waals surface area (Å²) in [5.41, 5.74) is 0. The third kappa shape index (κ3) is 5.89. The Morgan fingerprint density at radius 1 is 1.24 bits per heavy atom. The molecule has 0 unspecified atom stereocenters. The number of nitrogens with one attached hydrogen (secondary N) is 2. The molecule has 2 rings (SSSR count). The van der Waals surface area contributed by atoms with E-state index in [1.54, 1.807) is 0 Å². The highest BCUT2D eigenvalue weighted by molar-refractivity contribution is 5.65. The number of hydrogen-bond acceptors (Lipinski definition) is 3. The van der Waals surface area contributed by atoms with Crippen LogP contribution in [0.15, 0.2) is 0 Å². The molecule has 2 aliphatic rings. The molecule has 0 radical (unpaired) electrons. The van der Waals surface area contributed by atoms with Gasteiger partial charge in [0.25, 0.3) is 0 Å². The Morgan fingerprint density at radius 2 is 1.82 bits per heavy atom. The van der Waals surface area contributed by atoms with Gasteiger partial charge in [-0.1, -0.05) is 19.3 Å². The average molecular weight is 243 g/mol. The van der Waals surface area contributed by atoms with Crippen molar-refractivity contribution in [2.45, 2.75) is 38.1 Å². The average Bonchev–Trinajstić information content (AvgIpc) is 2.41. The fourth-order valence-electron chi connectivity index (χ4n) is 2.25. The normalized spacial score (nSPS) is 21.6. The Kier molecular flexibility index (Phi) is 6.96. The summed E-state index contributed by atoms with van der Waals surface area (Å²) in [6.45, 7) is 2.81. The molecule has 100 valence electrons. The zero-order valence-electron chi connectivity index (χ0n) is 10.7. The van der Waals surface area contributed by atoms with Crippen molar-refractivity contribution in [2.75, 3.05) is 33.2 Å². The molecule has 5 heteroatoms. The molecule has 1 saturated carbocycles. The van der Waals surface area contributed by atoms with Gasteiger partial charge >= 0.3 is 6.09 Å². The molecule has 0 aromatic rings. The van der Waals surface area contributed by atoms with E-state index in [4.69, 9.17) is 5.11 Å². The summed E-state index contributed by atoms with van der Waals surface area (Å²) in [4.78, 5) is 11.7. The third-order valence-corrected chi connectivity index (χ3v) is 3.40. The lowest BCUT2D eigenvalue weighted by Crippen LogP contribution is -2.45. The molecule has 1 saturated heterocycles. The van der Waals surface area contributed by atoms with Crippen LogP contribution >= 0.6 is 0 Å². The van der Waals surface area contributed by atoms with Gasteiger partial charge in [-0.05, 0) is 19.9 Å². The Labute approximate surface area is 104 Å². The highest BCUT2D eigenvalue weighted by Gasteiger charge is 2.13. The second-order valence-electron chi connectivity index (χ2n) is 4.64. The maximum absolute atomic E-state index is 10.3. The lowest BCUT2D eigenvalue weighted by molar-refractivity contribution is 0.139. The number of nitrogens with zero attached hydrogens (tertiary/aromatic N) is 1. The Hall–Kier alpha value is -0.810. The van der Waals surface area contributed by atoms with Crippen LogP contribution in [-0.4, -0.2) is 55.4 Å². The SMILES string of the molecule is CNC1CCCCC1.O=C(O)N1CCNCC1. The van der Waals surface area contributed by atoms with Crippen LogP contribution in [0.5, 0.6) is 0 Å². The lowest BCUT2D eigenvalue weighted by atomic mass is 9.96. The van der Waals surface area contributed by atoms with Crippen LogP contribution in [0.2, 0.25) is 0 Å². The van der Waals surface area contributed by atoms with Crippen LogP contribution in [0, 0.1) is 0 Å². The maximum Gasteiger partial charge on any atom is 0.407 e. The second-order valence-corrected chi connectivity index (χ2v) is 4.64. The van der Waals surface area contributed by atoms with E-state index in [9.17, 15) is 4.79 Å². The van der Waals surface area contributed by atoms with Crippen molar-refractivity contribution in [1.82, 2.24) is 15.5 Å². The van der Waals surface area contributed by atoms with Gasteiger partial charge in [0, 0.05) is 32.2 Å². The van der Waals surface area contributed by atoms with E-state index >= 15 is 0 Å². The largest absolute Gasteiger partial charge is 0.465 e. The van der Waals surface area contributed by atoms with Crippen LogP contribution in [0.4, 0.5) is 4.79 Å². The van der Waals surface area contributed by atoms with Gasteiger partial charge in [0.1, 0.15) is 0 Å². The molecule has 2 fully saturated rings. The highest BCUT2D eigenvalue weighted by Crippen LogP contribution is 2.16. The molecule has 1 amide bonds. The summed E-state index contributed by atoms with van der Waals surface area (Å²) in [7, 11) is 2.07. The van der Waals surface area contributed by atoms with E-state index in [1.165, 1.54) is 37.0 Å².